The SMILES string of the molecule is CC(C)(C)Cc1c[nH]c2ccccc12.CF. The van der Waals surface area contributed by atoms with Crippen LogP contribution < -0.4 is 0 Å². The summed E-state index contributed by atoms with van der Waals surface area (Å²) in [5.74, 6) is 0. The van der Waals surface area contributed by atoms with Crippen molar-refractivity contribution < 1.29 is 4.39 Å². The van der Waals surface area contributed by atoms with E-state index in [9.17, 15) is 4.39 Å². The van der Waals surface area contributed by atoms with E-state index in [4.69, 9.17) is 0 Å². The second kappa shape index (κ2) is 5.15. The fraction of sp³-hybridized carbons (Fsp3) is 0.429. The topological polar surface area (TPSA) is 15.8 Å². The van der Waals surface area contributed by atoms with E-state index in [2.05, 4.69) is 56.2 Å². The van der Waals surface area contributed by atoms with E-state index in [1.54, 1.807) is 0 Å². The first kappa shape index (κ1) is 12.8. The van der Waals surface area contributed by atoms with Gasteiger partial charge in [-0.1, -0.05) is 39.0 Å². The molecule has 88 valence electrons. The quantitative estimate of drug-likeness (QED) is 0.737. The van der Waals surface area contributed by atoms with Gasteiger partial charge in [-0.05, 0) is 23.5 Å². The van der Waals surface area contributed by atoms with Gasteiger partial charge in [0.15, 0.2) is 0 Å². The van der Waals surface area contributed by atoms with Crippen LogP contribution >= 0.6 is 0 Å². The number of fused-ring (bicyclic) bond motifs is 1. The van der Waals surface area contributed by atoms with Crippen LogP contribution in [0.4, 0.5) is 4.39 Å². The van der Waals surface area contributed by atoms with Crippen LogP contribution in [0.25, 0.3) is 10.9 Å². The van der Waals surface area contributed by atoms with Crippen molar-refractivity contribution in [2.75, 3.05) is 7.18 Å². The van der Waals surface area contributed by atoms with Gasteiger partial charge in [-0.2, -0.15) is 0 Å². The molecular weight excluding hydrogens is 201 g/mol. The van der Waals surface area contributed by atoms with Crippen molar-refractivity contribution in [2.45, 2.75) is 27.2 Å². The number of aromatic nitrogens is 1. The van der Waals surface area contributed by atoms with Crippen LogP contribution in [0.5, 0.6) is 0 Å². The largest absolute Gasteiger partial charge is 0.361 e. The standard InChI is InChI=1S/C13H17N.CH3F/c1-13(2,3)8-10-9-14-12-7-5-4-6-11(10)12;1-2/h4-7,9,14H,8H2,1-3H3;1H3. The highest BCUT2D eigenvalue weighted by atomic mass is 19.1. The summed E-state index contributed by atoms with van der Waals surface area (Å²) in [5.41, 5.74) is 3.02. The van der Waals surface area contributed by atoms with E-state index < -0.39 is 0 Å². The van der Waals surface area contributed by atoms with Gasteiger partial charge in [-0.3, -0.25) is 4.39 Å². The number of nitrogens with one attached hydrogen (secondary N) is 1. The maximum atomic E-state index is 9.50. The molecule has 0 aliphatic rings. The first-order chi connectivity index (χ1) is 7.56. The van der Waals surface area contributed by atoms with Crippen LogP contribution in [0.3, 0.4) is 0 Å². The minimum atomic E-state index is 0.352. The average molecular weight is 221 g/mol. The maximum absolute atomic E-state index is 9.50. The number of H-pyrrole nitrogens is 1. The molecule has 0 radical (unpaired) electrons. The predicted molar refractivity (Wildman–Crippen MR) is 68.5 cm³/mol. The highest BCUT2D eigenvalue weighted by Gasteiger charge is 2.13. The van der Waals surface area contributed by atoms with Gasteiger partial charge < -0.3 is 4.98 Å². The van der Waals surface area contributed by atoms with E-state index in [-0.39, 0.29) is 0 Å². The molecule has 16 heavy (non-hydrogen) atoms. The highest BCUT2D eigenvalue weighted by Crippen LogP contribution is 2.26. The Morgan fingerprint density at radius 1 is 1.12 bits per heavy atom. The molecule has 0 saturated carbocycles. The zero-order chi connectivity index (χ0) is 12.2. The lowest BCUT2D eigenvalue weighted by Gasteiger charge is -2.17. The molecule has 2 rings (SSSR count). The Bertz CT molecular complexity index is 437. The number of rotatable bonds is 1. The molecule has 0 bridgehead atoms. The Balaban J connectivity index is 0.000000606. The summed E-state index contributed by atoms with van der Waals surface area (Å²) >= 11 is 0. The number of hydrogen-bond acceptors (Lipinski definition) is 0. The van der Waals surface area contributed by atoms with Gasteiger partial charge in [0, 0.05) is 17.1 Å². The average Bonchev–Trinajstić information content (AvgIpc) is 2.63. The van der Waals surface area contributed by atoms with Gasteiger partial charge in [0.2, 0.25) is 0 Å². The van der Waals surface area contributed by atoms with Gasteiger partial charge in [-0.25, -0.2) is 0 Å². The van der Waals surface area contributed by atoms with E-state index in [1.165, 1.54) is 16.5 Å². The monoisotopic (exact) mass is 221 g/mol. The van der Waals surface area contributed by atoms with Gasteiger partial charge in [0.25, 0.3) is 0 Å². The number of para-hydroxylation sites is 1. The van der Waals surface area contributed by atoms with Crippen molar-refractivity contribution in [3.05, 3.63) is 36.0 Å². The highest BCUT2D eigenvalue weighted by molar-refractivity contribution is 5.83. The molecule has 2 heteroatoms. The van der Waals surface area contributed by atoms with Gasteiger partial charge in [-0.15, -0.1) is 0 Å². The second-order valence-corrected chi connectivity index (χ2v) is 5.10. The summed E-state index contributed by atoms with van der Waals surface area (Å²) in [7, 11) is 0.500. The number of halogens is 1. The smallest absolute Gasteiger partial charge is 0.0785 e. The number of hydrogen-bond donors (Lipinski definition) is 1. The van der Waals surface area contributed by atoms with Gasteiger partial charge in [0.1, 0.15) is 0 Å². The number of benzene rings is 1. The minimum absolute atomic E-state index is 0.352. The lowest BCUT2D eigenvalue weighted by Crippen LogP contribution is -2.08. The van der Waals surface area contributed by atoms with Crippen LogP contribution in [0.15, 0.2) is 30.5 Å². The lowest BCUT2D eigenvalue weighted by molar-refractivity contribution is 0.412. The molecule has 0 atom stereocenters. The lowest BCUT2D eigenvalue weighted by atomic mass is 9.88. The molecule has 2 aromatic rings. The molecule has 0 aliphatic heterocycles. The zero-order valence-corrected chi connectivity index (χ0v) is 10.5. The van der Waals surface area contributed by atoms with Crippen molar-refractivity contribution >= 4 is 10.9 Å². The van der Waals surface area contributed by atoms with Crippen molar-refractivity contribution in [3.8, 4) is 0 Å². The third-order valence-electron chi connectivity index (χ3n) is 2.40. The molecule has 0 aliphatic carbocycles. The van der Waals surface area contributed by atoms with Crippen LogP contribution in [0, 0.1) is 5.41 Å². The van der Waals surface area contributed by atoms with Crippen LogP contribution in [-0.4, -0.2) is 12.2 Å². The molecular formula is C14H20FN. The van der Waals surface area contributed by atoms with Crippen molar-refractivity contribution in [1.29, 1.82) is 0 Å². The fourth-order valence-electron chi connectivity index (χ4n) is 1.85. The Kier molecular flexibility index (Phi) is 4.11. The van der Waals surface area contributed by atoms with E-state index in [0.717, 1.165) is 6.42 Å². The van der Waals surface area contributed by atoms with Crippen LogP contribution in [0.1, 0.15) is 26.3 Å². The molecule has 1 N–H and O–H groups in total. The van der Waals surface area contributed by atoms with Crippen LogP contribution in [-0.2, 0) is 6.42 Å². The second-order valence-electron chi connectivity index (χ2n) is 5.10. The molecule has 0 fully saturated rings. The first-order valence-electron chi connectivity index (χ1n) is 5.49. The predicted octanol–water partition coefficient (Wildman–Crippen LogP) is 4.34. The van der Waals surface area contributed by atoms with Gasteiger partial charge >= 0.3 is 0 Å². The van der Waals surface area contributed by atoms with Gasteiger partial charge in [0.05, 0.1) is 7.18 Å². The molecule has 0 amide bonds. The van der Waals surface area contributed by atoms with Crippen molar-refractivity contribution in [1.82, 2.24) is 4.98 Å². The summed E-state index contributed by atoms with van der Waals surface area (Å²) < 4.78 is 9.50. The van der Waals surface area contributed by atoms with E-state index in [0.29, 0.717) is 12.6 Å². The fourth-order valence-corrected chi connectivity index (χ4v) is 1.85. The summed E-state index contributed by atoms with van der Waals surface area (Å²) in [6, 6.07) is 8.48. The third-order valence-corrected chi connectivity index (χ3v) is 2.40. The Morgan fingerprint density at radius 3 is 2.38 bits per heavy atom. The summed E-state index contributed by atoms with van der Waals surface area (Å²) in [6.45, 7) is 6.82. The summed E-state index contributed by atoms with van der Waals surface area (Å²) in [5, 5.41) is 1.36. The molecule has 0 spiro atoms. The number of aromatic amines is 1. The van der Waals surface area contributed by atoms with Crippen molar-refractivity contribution in [3.63, 3.8) is 0 Å². The third kappa shape index (κ3) is 3.09. The van der Waals surface area contributed by atoms with E-state index in [1.807, 2.05) is 0 Å². The molecule has 1 heterocycles. The Morgan fingerprint density at radius 2 is 1.75 bits per heavy atom. The normalized spacial score (nSPS) is 11.1. The molecule has 0 saturated heterocycles. The molecule has 1 nitrogen and oxygen atoms in total. The Hall–Kier alpha value is -1.31. The molecule has 1 aromatic carbocycles. The van der Waals surface area contributed by atoms with Crippen molar-refractivity contribution in [2.24, 2.45) is 5.41 Å². The zero-order valence-electron chi connectivity index (χ0n) is 10.5. The number of alkyl halides is 1. The van der Waals surface area contributed by atoms with E-state index >= 15 is 0 Å². The first-order valence-corrected chi connectivity index (χ1v) is 5.49. The minimum Gasteiger partial charge on any atom is -0.361 e. The summed E-state index contributed by atoms with van der Waals surface area (Å²) in [6.07, 6.45) is 3.26. The molecule has 1 aromatic heterocycles. The Labute approximate surface area is 96.7 Å². The maximum Gasteiger partial charge on any atom is 0.0785 e. The van der Waals surface area contributed by atoms with Crippen LogP contribution in [0.2, 0.25) is 0 Å². The summed E-state index contributed by atoms with van der Waals surface area (Å²) in [4.78, 5) is 3.31. The molecule has 0 unspecified atom stereocenters.